The molecule has 0 radical (unpaired) electrons. The molecule has 0 saturated heterocycles. The lowest BCUT2D eigenvalue weighted by molar-refractivity contribution is 0.231. The summed E-state index contributed by atoms with van der Waals surface area (Å²) in [5.74, 6) is 0. The van der Waals surface area contributed by atoms with Crippen LogP contribution in [0.25, 0.3) is 0 Å². The Hall–Kier alpha value is -1.56. The third-order valence-corrected chi connectivity index (χ3v) is 4.88. The number of sulfonamides is 1. The highest BCUT2D eigenvalue weighted by atomic mass is 32.2. The molecule has 20 heavy (non-hydrogen) atoms. The molecular formula is C14H22N2O3S. The highest BCUT2D eigenvalue weighted by molar-refractivity contribution is 7.89. The lowest BCUT2D eigenvalue weighted by Crippen LogP contribution is -2.41. The zero-order valence-corrected chi connectivity index (χ0v) is 12.8. The van der Waals surface area contributed by atoms with Crippen molar-refractivity contribution in [3.63, 3.8) is 0 Å². The van der Waals surface area contributed by atoms with Crippen LogP contribution in [0.2, 0.25) is 0 Å². The van der Waals surface area contributed by atoms with Crippen LogP contribution in [-0.4, -0.2) is 25.3 Å². The molecule has 0 atom stereocenters. The first-order valence-electron chi connectivity index (χ1n) is 6.78. The number of carbonyl (C=O) groups is 1. The van der Waals surface area contributed by atoms with E-state index in [9.17, 15) is 13.2 Å². The van der Waals surface area contributed by atoms with Gasteiger partial charge >= 0.3 is 6.03 Å². The molecule has 5 nitrogen and oxygen atoms in total. The molecule has 0 fully saturated rings. The standard InChI is InChI=1S/C14H22N2O3S/c1-3-4-5-6-11-16(14(15)17)20(18,19)13-9-7-12(2)8-10-13/h7-10H,3-6,11H2,1-2H3,(H2,15,17). The van der Waals surface area contributed by atoms with Crippen LogP contribution in [0.15, 0.2) is 29.2 Å². The van der Waals surface area contributed by atoms with Gasteiger partial charge in [0.25, 0.3) is 10.0 Å². The summed E-state index contributed by atoms with van der Waals surface area (Å²) in [6, 6.07) is 5.45. The van der Waals surface area contributed by atoms with E-state index >= 15 is 0 Å². The minimum atomic E-state index is -3.85. The number of hydrogen-bond donors (Lipinski definition) is 1. The third kappa shape index (κ3) is 4.23. The van der Waals surface area contributed by atoms with Gasteiger partial charge in [0.05, 0.1) is 4.90 Å². The topological polar surface area (TPSA) is 80.5 Å². The fourth-order valence-electron chi connectivity index (χ4n) is 1.87. The zero-order valence-electron chi connectivity index (χ0n) is 12.0. The largest absolute Gasteiger partial charge is 0.351 e. The SMILES string of the molecule is CCCCCCN(C(N)=O)S(=O)(=O)c1ccc(C)cc1. The van der Waals surface area contributed by atoms with Gasteiger partial charge < -0.3 is 5.73 Å². The molecule has 0 aromatic heterocycles. The second-order valence-corrected chi connectivity index (χ2v) is 6.65. The minimum absolute atomic E-state index is 0.0948. The first kappa shape index (κ1) is 16.5. The second kappa shape index (κ2) is 7.28. The summed E-state index contributed by atoms with van der Waals surface area (Å²) < 4.78 is 25.5. The number of nitrogens with zero attached hydrogens (tertiary/aromatic N) is 1. The summed E-state index contributed by atoms with van der Waals surface area (Å²) in [5, 5.41) is 0. The number of amides is 2. The lowest BCUT2D eigenvalue weighted by atomic mass is 10.2. The van der Waals surface area contributed by atoms with Gasteiger partial charge in [-0.05, 0) is 25.5 Å². The number of rotatable bonds is 7. The van der Waals surface area contributed by atoms with Crippen molar-refractivity contribution in [2.75, 3.05) is 6.54 Å². The normalized spacial score (nSPS) is 11.3. The fourth-order valence-corrected chi connectivity index (χ4v) is 3.21. The van der Waals surface area contributed by atoms with Crippen molar-refractivity contribution in [2.24, 2.45) is 5.73 Å². The molecular weight excluding hydrogens is 276 g/mol. The first-order chi connectivity index (χ1) is 9.39. The van der Waals surface area contributed by atoms with Crippen LogP contribution in [0.3, 0.4) is 0 Å². The fraction of sp³-hybridized carbons (Fsp3) is 0.500. The number of carbonyl (C=O) groups excluding carboxylic acids is 1. The van der Waals surface area contributed by atoms with E-state index in [4.69, 9.17) is 5.73 Å². The smallest absolute Gasteiger partial charge is 0.328 e. The maximum Gasteiger partial charge on any atom is 0.328 e. The van der Waals surface area contributed by atoms with Gasteiger partial charge in [-0.2, -0.15) is 0 Å². The molecule has 0 spiro atoms. The average molecular weight is 298 g/mol. The number of aryl methyl sites for hydroxylation is 1. The maximum absolute atomic E-state index is 12.4. The Morgan fingerprint density at radius 2 is 1.75 bits per heavy atom. The van der Waals surface area contributed by atoms with Crippen molar-refractivity contribution in [3.05, 3.63) is 29.8 Å². The quantitative estimate of drug-likeness (QED) is 0.786. The first-order valence-corrected chi connectivity index (χ1v) is 8.22. The molecule has 0 aliphatic heterocycles. The third-order valence-electron chi connectivity index (χ3n) is 3.07. The molecule has 0 heterocycles. The molecule has 1 aromatic rings. The van der Waals surface area contributed by atoms with Crippen molar-refractivity contribution < 1.29 is 13.2 Å². The lowest BCUT2D eigenvalue weighted by Gasteiger charge is -2.20. The molecule has 2 amide bonds. The van der Waals surface area contributed by atoms with E-state index in [0.717, 1.165) is 29.1 Å². The van der Waals surface area contributed by atoms with E-state index in [0.29, 0.717) is 6.42 Å². The Balaban J connectivity index is 2.89. The number of nitrogens with two attached hydrogens (primary N) is 1. The Morgan fingerprint density at radius 3 is 2.25 bits per heavy atom. The highest BCUT2D eigenvalue weighted by Gasteiger charge is 2.26. The van der Waals surface area contributed by atoms with Crippen LogP contribution < -0.4 is 5.73 Å². The molecule has 0 aliphatic carbocycles. The molecule has 1 aromatic carbocycles. The average Bonchev–Trinajstić information content (AvgIpc) is 2.38. The maximum atomic E-state index is 12.4. The van der Waals surface area contributed by atoms with Crippen LogP contribution in [0, 0.1) is 6.92 Å². The Kier molecular flexibility index (Phi) is 6.01. The van der Waals surface area contributed by atoms with Crippen molar-refractivity contribution in [2.45, 2.75) is 44.4 Å². The number of hydrogen-bond acceptors (Lipinski definition) is 3. The number of benzene rings is 1. The van der Waals surface area contributed by atoms with E-state index in [1.54, 1.807) is 12.1 Å². The summed E-state index contributed by atoms with van der Waals surface area (Å²) in [6.45, 7) is 4.06. The second-order valence-electron chi connectivity index (χ2n) is 4.79. The van der Waals surface area contributed by atoms with Gasteiger partial charge in [-0.1, -0.05) is 43.9 Å². The van der Waals surface area contributed by atoms with Crippen LogP contribution in [0.1, 0.15) is 38.2 Å². The summed E-state index contributed by atoms with van der Waals surface area (Å²) in [6.07, 6.45) is 3.56. The number of primary amides is 1. The van der Waals surface area contributed by atoms with Gasteiger partial charge in [-0.3, -0.25) is 0 Å². The van der Waals surface area contributed by atoms with E-state index in [1.165, 1.54) is 12.1 Å². The van der Waals surface area contributed by atoms with Crippen LogP contribution in [0.4, 0.5) is 4.79 Å². The van der Waals surface area contributed by atoms with E-state index in [2.05, 4.69) is 6.92 Å². The molecule has 0 aliphatic rings. The Bertz CT molecular complexity index is 538. The van der Waals surface area contributed by atoms with Crippen LogP contribution in [-0.2, 0) is 10.0 Å². The molecule has 1 rings (SSSR count). The minimum Gasteiger partial charge on any atom is -0.351 e. The van der Waals surface area contributed by atoms with Crippen LogP contribution in [0.5, 0.6) is 0 Å². The van der Waals surface area contributed by atoms with Gasteiger partial charge in [0, 0.05) is 6.54 Å². The van der Waals surface area contributed by atoms with Gasteiger partial charge in [0.15, 0.2) is 0 Å². The zero-order chi connectivity index (χ0) is 15.2. The van der Waals surface area contributed by atoms with Crippen molar-refractivity contribution in [1.82, 2.24) is 4.31 Å². The van der Waals surface area contributed by atoms with E-state index in [1.807, 2.05) is 6.92 Å². The van der Waals surface area contributed by atoms with Gasteiger partial charge in [0.1, 0.15) is 0 Å². The van der Waals surface area contributed by atoms with Crippen LogP contribution >= 0.6 is 0 Å². The molecule has 0 saturated carbocycles. The predicted octanol–water partition coefficient (Wildman–Crippen LogP) is 2.64. The Morgan fingerprint density at radius 1 is 1.15 bits per heavy atom. The molecule has 112 valence electrons. The number of unbranched alkanes of at least 4 members (excludes halogenated alkanes) is 3. The molecule has 0 bridgehead atoms. The number of urea groups is 1. The van der Waals surface area contributed by atoms with Crippen molar-refractivity contribution in [3.8, 4) is 0 Å². The summed E-state index contributed by atoms with van der Waals surface area (Å²) in [4.78, 5) is 11.5. The van der Waals surface area contributed by atoms with Crippen molar-refractivity contribution >= 4 is 16.1 Å². The summed E-state index contributed by atoms with van der Waals surface area (Å²) in [7, 11) is -3.85. The predicted molar refractivity (Wildman–Crippen MR) is 78.8 cm³/mol. The van der Waals surface area contributed by atoms with Gasteiger partial charge in [0.2, 0.25) is 0 Å². The monoisotopic (exact) mass is 298 g/mol. The Labute approximate surface area is 120 Å². The molecule has 0 unspecified atom stereocenters. The van der Waals surface area contributed by atoms with E-state index < -0.39 is 16.1 Å². The van der Waals surface area contributed by atoms with Gasteiger partial charge in [-0.15, -0.1) is 0 Å². The van der Waals surface area contributed by atoms with E-state index in [-0.39, 0.29) is 11.4 Å². The van der Waals surface area contributed by atoms with Crippen molar-refractivity contribution in [1.29, 1.82) is 0 Å². The summed E-state index contributed by atoms with van der Waals surface area (Å²) in [5.41, 5.74) is 6.17. The summed E-state index contributed by atoms with van der Waals surface area (Å²) >= 11 is 0. The molecule has 6 heteroatoms. The van der Waals surface area contributed by atoms with Gasteiger partial charge in [-0.25, -0.2) is 17.5 Å². The highest BCUT2D eigenvalue weighted by Crippen LogP contribution is 2.17. The molecule has 2 N–H and O–H groups in total.